The van der Waals surface area contributed by atoms with Gasteiger partial charge in [-0.1, -0.05) is 11.6 Å². The third-order valence-corrected chi connectivity index (χ3v) is 4.87. The Morgan fingerprint density at radius 2 is 1.89 bits per heavy atom. The number of pyridine rings is 1. The van der Waals surface area contributed by atoms with Crippen molar-refractivity contribution in [2.75, 3.05) is 0 Å². The van der Waals surface area contributed by atoms with E-state index in [1.54, 1.807) is 12.4 Å². The highest BCUT2D eigenvalue weighted by Crippen LogP contribution is 2.38. The maximum absolute atomic E-state index is 13.5. The first kappa shape index (κ1) is 16.7. The Hall–Kier alpha value is -3.45. The number of fused-ring (bicyclic) bond motifs is 3. The molecule has 6 nitrogen and oxygen atoms in total. The number of halogens is 2. The monoisotopic (exact) mass is 393 g/mol. The molecule has 0 saturated carbocycles. The van der Waals surface area contributed by atoms with Gasteiger partial charge in [-0.3, -0.25) is 10.2 Å². The van der Waals surface area contributed by atoms with E-state index >= 15 is 0 Å². The molecule has 0 bridgehead atoms. The molecule has 3 heterocycles. The van der Waals surface area contributed by atoms with Crippen molar-refractivity contribution in [2.45, 2.75) is 6.92 Å². The number of hydrogen-bond acceptors (Lipinski definition) is 4. The number of benzene rings is 2. The number of aryl methyl sites for hydroxylation is 1. The van der Waals surface area contributed by atoms with Crippen molar-refractivity contribution in [2.24, 2.45) is 0 Å². The van der Waals surface area contributed by atoms with Gasteiger partial charge in [-0.25, -0.2) is 9.37 Å². The van der Waals surface area contributed by atoms with Crippen LogP contribution in [-0.2, 0) is 0 Å². The summed E-state index contributed by atoms with van der Waals surface area (Å²) in [5.41, 5.74) is 4.09. The molecule has 5 rings (SSSR count). The zero-order valence-electron chi connectivity index (χ0n) is 14.6. The van der Waals surface area contributed by atoms with Crippen molar-refractivity contribution in [1.29, 1.82) is 0 Å². The van der Waals surface area contributed by atoms with Crippen molar-refractivity contribution in [3.05, 3.63) is 65.3 Å². The zero-order chi connectivity index (χ0) is 19.3. The summed E-state index contributed by atoms with van der Waals surface area (Å²) in [5.74, 6) is 0.491. The normalized spacial score (nSPS) is 11.4. The minimum absolute atomic E-state index is 0.00442. The molecule has 5 aromatic rings. The van der Waals surface area contributed by atoms with Crippen LogP contribution in [0.1, 0.15) is 5.69 Å². The summed E-state index contributed by atoms with van der Waals surface area (Å²) in [6, 6.07) is 9.91. The van der Waals surface area contributed by atoms with Crippen LogP contribution >= 0.6 is 11.6 Å². The lowest BCUT2D eigenvalue weighted by Crippen LogP contribution is -1.93. The van der Waals surface area contributed by atoms with Gasteiger partial charge in [0.1, 0.15) is 17.3 Å². The lowest BCUT2D eigenvalue weighted by atomic mass is 10.1. The number of nitrogens with zero attached hydrogens (tertiary/aromatic N) is 3. The molecule has 0 aliphatic heterocycles. The van der Waals surface area contributed by atoms with E-state index in [9.17, 15) is 4.39 Å². The lowest BCUT2D eigenvalue weighted by Gasteiger charge is -2.12. The molecular weight excluding hydrogens is 381 g/mol. The van der Waals surface area contributed by atoms with Gasteiger partial charge in [-0.2, -0.15) is 10.2 Å². The molecule has 2 aromatic carbocycles. The van der Waals surface area contributed by atoms with Crippen molar-refractivity contribution in [3.8, 4) is 22.8 Å². The number of H-pyrrole nitrogens is 2. The summed E-state index contributed by atoms with van der Waals surface area (Å²) in [5, 5.41) is 15.7. The van der Waals surface area contributed by atoms with Crippen LogP contribution in [0.15, 0.2) is 48.8 Å². The molecule has 0 radical (unpaired) electrons. The van der Waals surface area contributed by atoms with Crippen LogP contribution in [-0.4, -0.2) is 25.4 Å². The number of aromatic nitrogens is 5. The van der Waals surface area contributed by atoms with Gasteiger partial charge in [0, 0.05) is 28.8 Å². The minimum atomic E-state index is -0.500. The molecule has 8 heteroatoms. The average molecular weight is 394 g/mol. The van der Waals surface area contributed by atoms with Gasteiger partial charge >= 0.3 is 0 Å². The number of rotatable bonds is 3. The third kappa shape index (κ3) is 2.68. The quantitative estimate of drug-likeness (QED) is 0.430. The highest BCUT2D eigenvalue weighted by molar-refractivity contribution is 6.30. The van der Waals surface area contributed by atoms with Crippen molar-refractivity contribution in [3.63, 3.8) is 0 Å². The van der Waals surface area contributed by atoms with E-state index in [2.05, 4.69) is 20.4 Å². The van der Waals surface area contributed by atoms with E-state index in [1.807, 2.05) is 25.1 Å². The molecule has 0 amide bonds. The zero-order valence-corrected chi connectivity index (χ0v) is 15.4. The molecular formula is C20H13ClFN5O. The Morgan fingerprint density at radius 1 is 1.04 bits per heavy atom. The summed E-state index contributed by atoms with van der Waals surface area (Å²) in [6.07, 6.45) is 3.45. The average Bonchev–Trinajstić information content (AvgIpc) is 3.33. The number of nitrogens with one attached hydrogen (secondary N) is 2. The van der Waals surface area contributed by atoms with Crippen LogP contribution < -0.4 is 4.74 Å². The first-order valence-electron chi connectivity index (χ1n) is 8.50. The molecule has 0 atom stereocenters. The molecule has 0 unspecified atom stereocenters. The van der Waals surface area contributed by atoms with E-state index in [-0.39, 0.29) is 5.02 Å². The van der Waals surface area contributed by atoms with Crippen molar-refractivity contribution in [1.82, 2.24) is 25.4 Å². The van der Waals surface area contributed by atoms with Crippen molar-refractivity contribution < 1.29 is 9.13 Å². The highest BCUT2D eigenvalue weighted by Gasteiger charge is 2.16. The molecule has 0 aliphatic carbocycles. The molecule has 138 valence electrons. The Bertz CT molecular complexity index is 1340. The Balaban J connectivity index is 1.77. The molecule has 0 spiro atoms. The fourth-order valence-electron chi connectivity index (χ4n) is 3.21. The second-order valence-corrected chi connectivity index (χ2v) is 6.79. The Kier molecular flexibility index (Phi) is 3.77. The fraction of sp³-hybridized carbons (Fsp3) is 0.0500. The number of aromatic amines is 2. The second kappa shape index (κ2) is 6.31. The first-order chi connectivity index (χ1) is 13.6. The SMILES string of the molecule is Cc1[nH]ncc1-c1cc(Oc2ccc(F)c(Cl)c2)c2c(ccc3[nH]ncc32)n1. The Morgan fingerprint density at radius 3 is 2.68 bits per heavy atom. The van der Waals surface area contributed by atoms with E-state index in [0.29, 0.717) is 17.2 Å². The van der Waals surface area contributed by atoms with Gasteiger partial charge in [0.2, 0.25) is 0 Å². The van der Waals surface area contributed by atoms with Crippen LogP contribution in [0.5, 0.6) is 11.5 Å². The summed E-state index contributed by atoms with van der Waals surface area (Å²) in [4.78, 5) is 4.77. The molecule has 0 saturated heterocycles. The number of ether oxygens (including phenoxy) is 1. The Labute approximate surface area is 163 Å². The highest BCUT2D eigenvalue weighted by atomic mass is 35.5. The van der Waals surface area contributed by atoms with E-state index in [4.69, 9.17) is 21.3 Å². The van der Waals surface area contributed by atoms with Crippen molar-refractivity contribution >= 4 is 33.4 Å². The van der Waals surface area contributed by atoms with Crippen LogP contribution in [0, 0.1) is 12.7 Å². The van der Waals surface area contributed by atoms with Gasteiger partial charge in [0.25, 0.3) is 0 Å². The van der Waals surface area contributed by atoms with Gasteiger partial charge < -0.3 is 4.74 Å². The third-order valence-electron chi connectivity index (χ3n) is 4.58. The van der Waals surface area contributed by atoms with Crippen LogP contribution in [0.25, 0.3) is 33.1 Å². The maximum atomic E-state index is 13.5. The topological polar surface area (TPSA) is 79.5 Å². The predicted octanol–water partition coefficient (Wildman–Crippen LogP) is 5.39. The van der Waals surface area contributed by atoms with Crippen LogP contribution in [0.4, 0.5) is 4.39 Å². The van der Waals surface area contributed by atoms with E-state index < -0.39 is 5.82 Å². The van der Waals surface area contributed by atoms with Crippen LogP contribution in [0.2, 0.25) is 5.02 Å². The van der Waals surface area contributed by atoms with E-state index in [0.717, 1.165) is 33.1 Å². The second-order valence-electron chi connectivity index (χ2n) is 6.38. The molecule has 28 heavy (non-hydrogen) atoms. The summed E-state index contributed by atoms with van der Waals surface area (Å²) >= 11 is 5.91. The lowest BCUT2D eigenvalue weighted by molar-refractivity contribution is 0.486. The number of hydrogen-bond donors (Lipinski definition) is 2. The van der Waals surface area contributed by atoms with Gasteiger partial charge in [-0.15, -0.1) is 0 Å². The standard InChI is InChI=1S/C20H13ClFN5O/c1-10-12(8-23-26-10)18-7-19(28-11-2-3-15(22)14(21)6-11)20-13-9-24-27-16(13)4-5-17(20)25-18/h2-9H,1H3,(H,23,26)(H,24,27). The van der Waals surface area contributed by atoms with Crippen LogP contribution in [0.3, 0.4) is 0 Å². The molecule has 2 N–H and O–H groups in total. The summed E-state index contributed by atoms with van der Waals surface area (Å²) < 4.78 is 19.7. The van der Waals surface area contributed by atoms with E-state index in [1.165, 1.54) is 18.2 Å². The summed E-state index contributed by atoms with van der Waals surface area (Å²) in [7, 11) is 0. The predicted molar refractivity (Wildman–Crippen MR) is 105 cm³/mol. The van der Waals surface area contributed by atoms with Gasteiger partial charge in [0.15, 0.2) is 0 Å². The van der Waals surface area contributed by atoms with Gasteiger partial charge in [0.05, 0.1) is 39.5 Å². The smallest absolute Gasteiger partial charge is 0.142 e. The fourth-order valence-corrected chi connectivity index (χ4v) is 3.38. The molecule has 3 aromatic heterocycles. The minimum Gasteiger partial charge on any atom is -0.456 e. The molecule has 0 aliphatic rings. The molecule has 0 fully saturated rings. The summed E-state index contributed by atoms with van der Waals surface area (Å²) in [6.45, 7) is 1.92. The first-order valence-corrected chi connectivity index (χ1v) is 8.88. The maximum Gasteiger partial charge on any atom is 0.142 e. The largest absolute Gasteiger partial charge is 0.456 e. The van der Waals surface area contributed by atoms with Gasteiger partial charge in [-0.05, 0) is 31.2 Å².